The van der Waals surface area contributed by atoms with E-state index in [9.17, 15) is 4.79 Å². The van der Waals surface area contributed by atoms with Crippen molar-refractivity contribution < 1.29 is 4.79 Å². The van der Waals surface area contributed by atoms with Crippen LogP contribution in [0.25, 0.3) is 0 Å². The van der Waals surface area contributed by atoms with Gasteiger partial charge in [-0.05, 0) is 29.5 Å². The van der Waals surface area contributed by atoms with Crippen LogP contribution in [-0.4, -0.2) is 52.1 Å². The highest BCUT2D eigenvalue weighted by atomic mass is 16.2. The summed E-state index contributed by atoms with van der Waals surface area (Å²) in [5.74, 6) is 0.557. The third-order valence-corrected chi connectivity index (χ3v) is 5.68. The molecular weight excluding hydrogens is 372 g/mol. The van der Waals surface area contributed by atoms with Crippen molar-refractivity contribution in [2.45, 2.75) is 26.3 Å². The van der Waals surface area contributed by atoms with Gasteiger partial charge in [0.25, 0.3) is 5.91 Å². The lowest BCUT2D eigenvalue weighted by Crippen LogP contribution is -2.50. The Morgan fingerprint density at radius 3 is 2.03 bits per heavy atom. The Labute approximate surface area is 178 Å². The number of nitrogens with zero attached hydrogens (tertiary/aromatic N) is 3. The summed E-state index contributed by atoms with van der Waals surface area (Å²) in [5.41, 5.74) is 4.13. The fourth-order valence-corrected chi connectivity index (χ4v) is 4.25. The molecule has 2 heterocycles. The minimum Gasteiger partial charge on any atom is -0.335 e. The standard InChI is InChI=1S/C25H30N4O/c1-19(2)17-22-18-23(27-26-22)25(30)29-15-13-28(14-16-29)24(20-9-5-3-6-10-20)21-11-7-4-8-12-21/h3-12,18-19,24H,13-17H2,1-2H3,(H,26,27). The molecular formula is C25H30N4O. The first-order valence-electron chi connectivity index (χ1n) is 10.8. The summed E-state index contributed by atoms with van der Waals surface area (Å²) in [5, 5.41) is 7.28. The molecule has 0 spiro atoms. The van der Waals surface area contributed by atoms with E-state index in [1.807, 2.05) is 11.0 Å². The molecule has 0 aliphatic carbocycles. The van der Waals surface area contributed by atoms with Crippen LogP contribution in [-0.2, 0) is 6.42 Å². The van der Waals surface area contributed by atoms with Crippen LogP contribution < -0.4 is 0 Å². The van der Waals surface area contributed by atoms with Gasteiger partial charge >= 0.3 is 0 Å². The number of carbonyl (C=O) groups is 1. The van der Waals surface area contributed by atoms with Crippen molar-refractivity contribution in [3.63, 3.8) is 0 Å². The van der Waals surface area contributed by atoms with E-state index in [0.29, 0.717) is 24.7 Å². The van der Waals surface area contributed by atoms with E-state index < -0.39 is 0 Å². The van der Waals surface area contributed by atoms with E-state index in [1.54, 1.807) is 0 Å². The number of benzene rings is 2. The van der Waals surface area contributed by atoms with Crippen LogP contribution in [0.2, 0.25) is 0 Å². The first kappa shape index (κ1) is 20.4. The van der Waals surface area contributed by atoms with E-state index in [2.05, 4.69) is 89.6 Å². The van der Waals surface area contributed by atoms with E-state index >= 15 is 0 Å². The average Bonchev–Trinajstić information content (AvgIpc) is 3.23. The molecule has 4 rings (SSSR count). The lowest BCUT2D eigenvalue weighted by Gasteiger charge is -2.39. The summed E-state index contributed by atoms with van der Waals surface area (Å²) in [6, 6.07) is 23.4. The predicted molar refractivity (Wildman–Crippen MR) is 119 cm³/mol. The molecule has 1 aromatic heterocycles. The van der Waals surface area contributed by atoms with Gasteiger partial charge in [-0.2, -0.15) is 5.10 Å². The number of piperazine rings is 1. The Bertz CT molecular complexity index is 904. The molecule has 5 heteroatoms. The summed E-state index contributed by atoms with van der Waals surface area (Å²) in [6.07, 6.45) is 0.907. The molecule has 0 bridgehead atoms. The van der Waals surface area contributed by atoms with Crippen molar-refractivity contribution in [2.75, 3.05) is 26.2 Å². The van der Waals surface area contributed by atoms with Crippen LogP contribution in [0, 0.1) is 5.92 Å². The maximum Gasteiger partial charge on any atom is 0.274 e. The molecule has 1 aliphatic heterocycles. The number of aromatic amines is 1. The average molecular weight is 403 g/mol. The van der Waals surface area contributed by atoms with Gasteiger partial charge in [0.2, 0.25) is 0 Å². The van der Waals surface area contributed by atoms with Crippen LogP contribution in [0.4, 0.5) is 0 Å². The lowest BCUT2D eigenvalue weighted by atomic mass is 9.96. The summed E-state index contributed by atoms with van der Waals surface area (Å²) in [6.45, 7) is 7.42. The molecule has 1 saturated heterocycles. The fourth-order valence-electron chi connectivity index (χ4n) is 4.25. The third kappa shape index (κ3) is 4.62. The molecule has 2 aromatic carbocycles. The predicted octanol–water partition coefficient (Wildman–Crippen LogP) is 4.16. The van der Waals surface area contributed by atoms with Gasteiger partial charge in [-0.1, -0.05) is 74.5 Å². The van der Waals surface area contributed by atoms with Crippen molar-refractivity contribution in [1.82, 2.24) is 20.0 Å². The number of rotatable bonds is 6. The number of carbonyl (C=O) groups excluding carboxylic acids is 1. The van der Waals surface area contributed by atoms with Gasteiger partial charge in [0, 0.05) is 31.9 Å². The molecule has 1 fully saturated rings. The van der Waals surface area contributed by atoms with Gasteiger partial charge in [-0.25, -0.2) is 0 Å². The molecule has 0 unspecified atom stereocenters. The highest BCUT2D eigenvalue weighted by Gasteiger charge is 2.29. The van der Waals surface area contributed by atoms with Crippen molar-refractivity contribution in [3.8, 4) is 0 Å². The Hall–Kier alpha value is -2.92. The normalized spacial score (nSPS) is 15.1. The molecule has 0 radical (unpaired) electrons. The lowest BCUT2D eigenvalue weighted by molar-refractivity contribution is 0.0592. The van der Waals surface area contributed by atoms with E-state index in [0.717, 1.165) is 25.2 Å². The summed E-state index contributed by atoms with van der Waals surface area (Å²) in [7, 11) is 0. The minimum atomic E-state index is 0.0249. The second-order valence-corrected chi connectivity index (χ2v) is 8.43. The third-order valence-electron chi connectivity index (χ3n) is 5.68. The maximum atomic E-state index is 12.9. The van der Waals surface area contributed by atoms with Crippen LogP contribution >= 0.6 is 0 Å². The first-order chi connectivity index (χ1) is 14.6. The molecule has 156 valence electrons. The summed E-state index contributed by atoms with van der Waals surface area (Å²) < 4.78 is 0. The van der Waals surface area contributed by atoms with Gasteiger partial charge in [-0.3, -0.25) is 14.8 Å². The number of hydrogen-bond donors (Lipinski definition) is 1. The highest BCUT2D eigenvalue weighted by Crippen LogP contribution is 2.29. The highest BCUT2D eigenvalue weighted by molar-refractivity contribution is 5.92. The summed E-state index contributed by atoms with van der Waals surface area (Å²) >= 11 is 0. The maximum absolute atomic E-state index is 12.9. The van der Waals surface area contributed by atoms with E-state index in [4.69, 9.17) is 0 Å². The smallest absolute Gasteiger partial charge is 0.274 e. The van der Waals surface area contributed by atoms with Crippen LogP contribution in [0.15, 0.2) is 66.7 Å². The second kappa shape index (κ2) is 9.26. The SMILES string of the molecule is CC(C)Cc1cc(C(=O)N2CCN(C(c3ccccc3)c3ccccc3)CC2)n[nH]1. The topological polar surface area (TPSA) is 52.2 Å². The number of nitrogens with one attached hydrogen (secondary N) is 1. The molecule has 30 heavy (non-hydrogen) atoms. The van der Waals surface area contributed by atoms with Gasteiger partial charge in [-0.15, -0.1) is 0 Å². The Balaban J connectivity index is 1.46. The van der Waals surface area contributed by atoms with Gasteiger partial charge in [0.15, 0.2) is 0 Å². The van der Waals surface area contributed by atoms with Crippen LogP contribution in [0.1, 0.15) is 47.2 Å². The number of aromatic nitrogens is 2. The fraction of sp³-hybridized carbons (Fsp3) is 0.360. The molecule has 0 atom stereocenters. The van der Waals surface area contributed by atoms with Gasteiger partial charge < -0.3 is 4.90 Å². The molecule has 0 saturated carbocycles. The van der Waals surface area contributed by atoms with Gasteiger partial charge in [0.05, 0.1) is 6.04 Å². The molecule has 5 nitrogen and oxygen atoms in total. The Morgan fingerprint density at radius 1 is 0.933 bits per heavy atom. The zero-order valence-corrected chi connectivity index (χ0v) is 17.8. The molecule has 1 amide bonds. The largest absolute Gasteiger partial charge is 0.335 e. The van der Waals surface area contributed by atoms with E-state index in [1.165, 1.54) is 11.1 Å². The van der Waals surface area contributed by atoms with Gasteiger partial charge in [0.1, 0.15) is 5.69 Å². The van der Waals surface area contributed by atoms with Crippen molar-refractivity contribution in [1.29, 1.82) is 0 Å². The van der Waals surface area contributed by atoms with E-state index in [-0.39, 0.29) is 11.9 Å². The molecule has 1 N–H and O–H groups in total. The zero-order chi connectivity index (χ0) is 20.9. The number of hydrogen-bond acceptors (Lipinski definition) is 3. The first-order valence-corrected chi connectivity index (χ1v) is 10.8. The quantitative estimate of drug-likeness (QED) is 0.674. The second-order valence-electron chi connectivity index (χ2n) is 8.43. The van der Waals surface area contributed by atoms with Crippen LogP contribution in [0.5, 0.6) is 0 Å². The minimum absolute atomic E-state index is 0.0249. The number of amides is 1. The molecule has 1 aliphatic rings. The van der Waals surface area contributed by atoms with Crippen LogP contribution in [0.3, 0.4) is 0 Å². The monoisotopic (exact) mass is 402 g/mol. The number of H-pyrrole nitrogens is 1. The van der Waals surface area contributed by atoms with Crippen molar-refractivity contribution in [3.05, 3.63) is 89.2 Å². The zero-order valence-electron chi connectivity index (χ0n) is 17.8. The Kier molecular flexibility index (Phi) is 6.29. The molecule has 3 aromatic rings. The Morgan fingerprint density at radius 2 is 1.50 bits per heavy atom. The van der Waals surface area contributed by atoms with Crippen molar-refractivity contribution in [2.24, 2.45) is 5.92 Å². The summed E-state index contributed by atoms with van der Waals surface area (Å²) in [4.78, 5) is 17.3. The van der Waals surface area contributed by atoms with Crippen molar-refractivity contribution >= 4 is 5.91 Å².